The van der Waals surface area contributed by atoms with Gasteiger partial charge in [-0.3, -0.25) is 4.79 Å². The van der Waals surface area contributed by atoms with E-state index >= 15 is 0 Å². The third-order valence-electron chi connectivity index (χ3n) is 6.04. The molecular weight excluding hydrogens is 433 g/mol. The molecule has 1 aromatic carbocycles. The Kier molecular flexibility index (Phi) is 5.15. The molecule has 1 amide bonds. The number of aromatic nitrogens is 5. The molecule has 0 radical (unpaired) electrons. The van der Waals surface area contributed by atoms with Crippen LogP contribution < -0.4 is 0 Å². The van der Waals surface area contributed by atoms with Crippen molar-refractivity contribution in [2.24, 2.45) is 0 Å². The van der Waals surface area contributed by atoms with Crippen LogP contribution in [0.2, 0.25) is 0 Å². The molecule has 1 unspecified atom stereocenters. The standard InChI is InChI=1S/C23H21F3N6O/c1-14-17(12-28-32(14)20-9-8-16(11-27-20)23(24,25)26)22(33)31-10-4-5-15(13-31)21-29-18-6-2-3-7-19(18)30-21/h2-3,6-9,11-12,15H,4-5,10,13H2,1H3,(H,29,30). The zero-order chi connectivity index (χ0) is 23.2. The number of imidazole rings is 1. The molecule has 0 saturated carbocycles. The van der Waals surface area contributed by atoms with Crippen LogP contribution in [0.25, 0.3) is 16.9 Å². The number of nitrogens with zero attached hydrogens (tertiary/aromatic N) is 5. The number of alkyl halides is 3. The molecule has 0 spiro atoms. The average molecular weight is 454 g/mol. The number of fused-ring (bicyclic) bond motifs is 1. The zero-order valence-electron chi connectivity index (χ0n) is 17.8. The summed E-state index contributed by atoms with van der Waals surface area (Å²) < 4.78 is 39.8. The molecule has 1 aliphatic heterocycles. The molecule has 1 saturated heterocycles. The minimum absolute atomic E-state index is 0.0991. The third-order valence-corrected chi connectivity index (χ3v) is 6.04. The van der Waals surface area contributed by atoms with E-state index in [2.05, 4.69) is 15.1 Å². The van der Waals surface area contributed by atoms with Crippen molar-refractivity contribution in [3.63, 3.8) is 0 Å². The number of hydrogen-bond acceptors (Lipinski definition) is 4. The Labute approximate surface area is 187 Å². The summed E-state index contributed by atoms with van der Waals surface area (Å²) in [4.78, 5) is 27.0. The predicted octanol–water partition coefficient (Wildman–Crippen LogP) is 4.49. The molecule has 1 aliphatic rings. The summed E-state index contributed by atoms with van der Waals surface area (Å²) in [6, 6.07) is 10.0. The number of likely N-dealkylation sites (tertiary alicyclic amines) is 1. The van der Waals surface area contributed by atoms with Crippen LogP contribution in [-0.2, 0) is 6.18 Å². The fourth-order valence-corrected chi connectivity index (χ4v) is 4.25. The van der Waals surface area contributed by atoms with Gasteiger partial charge in [0.05, 0.1) is 34.1 Å². The zero-order valence-corrected chi connectivity index (χ0v) is 17.8. The van der Waals surface area contributed by atoms with Gasteiger partial charge in [-0.15, -0.1) is 0 Å². The van der Waals surface area contributed by atoms with Crippen LogP contribution in [0, 0.1) is 6.92 Å². The van der Waals surface area contributed by atoms with Gasteiger partial charge in [0.2, 0.25) is 0 Å². The number of hydrogen-bond donors (Lipinski definition) is 1. The highest BCUT2D eigenvalue weighted by Crippen LogP contribution is 2.30. The summed E-state index contributed by atoms with van der Waals surface area (Å²) in [5.41, 5.74) is 1.96. The number of H-pyrrole nitrogens is 1. The number of para-hydroxylation sites is 2. The normalized spacial score (nSPS) is 17.0. The number of piperidine rings is 1. The minimum atomic E-state index is -4.46. The Morgan fingerprint density at radius 1 is 1.15 bits per heavy atom. The monoisotopic (exact) mass is 454 g/mol. The third kappa shape index (κ3) is 3.96. The fourth-order valence-electron chi connectivity index (χ4n) is 4.25. The van der Waals surface area contributed by atoms with Crippen molar-refractivity contribution in [1.82, 2.24) is 29.6 Å². The first-order valence-electron chi connectivity index (χ1n) is 10.6. The van der Waals surface area contributed by atoms with Crippen molar-refractivity contribution in [2.75, 3.05) is 13.1 Å². The molecule has 0 aliphatic carbocycles. The first-order valence-corrected chi connectivity index (χ1v) is 10.6. The molecule has 3 aromatic heterocycles. The average Bonchev–Trinajstić information content (AvgIpc) is 3.42. The van der Waals surface area contributed by atoms with Crippen molar-refractivity contribution < 1.29 is 18.0 Å². The summed E-state index contributed by atoms with van der Waals surface area (Å²) in [7, 11) is 0. The molecule has 1 fully saturated rings. The van der Waals surface area contributed by atoms with Gasteiger partial charge in [-0.05, 0) is 44.0 Å². The minimum Gasteiger partial charge on any atom is -0.342 e. The molecule has 170 valence electrons. The van der Waals surface area contributed by atoms with Crippen molar-refractivity contribution >= 4 is 16.9 Å². The van der Waals surface area contributed by atoms with E-state index in [0.29, 0.717) is 24.3 Å². The number of nitrogens with one attached hydrogen (secondary N) is 1. The molecule has 33 heavy (non-hydrogen) atoms. The second-order valence-electron chi connectivity index (χ2n) is 8.19. The molecular formula is C23H21F3N6O. The maximum atomic E-state index is 13.3. The fraction of sp³-hybridized carbons (Fsp3) is 0.304. The predicted molar refractivity (Wildman–Crippen MR) is 115 cm³/mol. The number of carbonyl (C=O) groups excluding carboxylic acids is 1. The SMILES string of the molecule is Cc1c(C(=O)N2CCCC(c3nc4ccccc4[nH]3)C2)cnn1-c1ccc(C(F)(F)F)cn1. The number of aromatic amines is 1. The number of benzene rings is 1. The number of rotatable bonds is 3. The van der Waals surface area contributed by atoms with Crippen molar-refractivity contribution in [3.05, 3.63) is 71.4 Å². The Morgan fingerprint density at radius 3 is 2.70 bits per heavy atom. The Balaban J connectivity index is 1.35. The highest BCUT2D eigenvalue weighted by Gasteiger charge is 2.31. The van der Waals surface area contributed by atoms with Gasteiger partial charge < -0.3 is 9.88 Å². The van der Waals surface area contributed by atoms with Crippen molar-refractivity contribution in [3.8, 4) is 5.82 Å². The lowest BCUT2D eigenvalue weighted by atomic mass is 9.97. The van der Waals surface area contributed by atoms with E-state index in [9.17, 15) is 18.0 Å². The lowest BCUT2D eigenvalue weighted by Gasteiger charge is -2.31. The molecule has 1 atom stereocenters. The highest BCUT2D eigenvalue weighted by molar-refractivity contribution is 5.95. The summed E-state index contributed by atoms with van der Waals surface area (Å²) in [6.07, 6.45) is -0.475. The summed E-state index contributed by atoms with van der Waals surface area (Å²) in [5.74, 6) is 1.03. The van der Waals surface area contributed by atoms with E-state index in [1.54, 1.807) is 11.8 Å². The molecule has 4 heterocycles. The van der Waals surface area contributed by atoms with Crippen molar-refractivity contribution in [1.29, 1.82) is 0 Å². The maximum absolute atomic E-state index is 13.3. The van der Waals surface area contributed by atoms with E-state index in [1.807, 2.05) is 24.3 Å². The van der Waals surface area contributed by atoms with E-state index < -0.39 is 11.7 Å². The second kappa shape index (κ2) is 8.02. The van der Waals surface area contributed by atoms with Crippen LogP contribution in [0.4, 0.5) is 13.2 Å². The molecule has 0 bridgehead atoms. The molecule has 1 N–H and O–H groups in total. The number of amides is 1. The van der Waals surface area contributed by atoms with Gasteiger partial charge >= 0.3 is 6.18 Å². The molecule has 4 aromatic rings. The summed E-state index contributed by atoms with van der Waals surface area (Å²) in [6.45, 7) is 2.86. The van der Waals surface area contributed by atoms with Gasteiger partial charge in [0.25, 0.3) is 5.91 Å². The molecule has 7 nitrogen and oxygen atoms in total. The van der Waals surface area contributed by atoms with E-state index in [-0.39, 0.29) is 17.6 Å². The largest absolute Gasteiger partial charge is 0.417 e. The van der Waals surface area contributed by atoms with Gasteiger partial charge in [-0.25, -0.2) is 14.6 Å². The number of halogens is 3. The van der Waals surface area contributed by atoms with Gasteiger partial charge in [-0.1, -0.05) is 12.1 Å². The van der Waals surface area contributed by atoms with Gasteiger partial charge in [0, 0.05) is 25.2 Å². The summed E-state index contributed by atoms with van der Waals surface area (Å²) >= 11 is 0. The van der Waals surface area contributed by atoms with E-state index in [4.69, 9.17) is 4.98 Å². The van der Waals surface area contributed by atoms with Crippen LogP contribution in [-0.4, -0.2) is 48.6 Å². The Morgan fingerprint density at radius 2 is 1.97 bits per heavy atom. The maximum Gasteiger partial charge on any atom is 0.417 e. The molecule has 10 heteroatoms. The van der Waals surface area contributed by atoms with Crippen molar-refractivity contribution in [2.45, 2.75) is 31.9 Å². The van der Waals surface area contributed by atoms with Crippen LogP contribution in [0.3, 0.4) is 0 Å². The number of carbonyl (C=O) groups is 1. The lowest BCUT2D eigenvalue weighted by molar-refractivity contribution is -0.137. The highest BCUT2D eigenvalue weighted by atomic mass is 19.4. The van der Waals surface area contributed by atoms with Gasteiger partial charge in [0.1, 0.15) is 5.82 Å². The smallest absolute Gasteiger partial charge is 0.342 e. The van der Waals surface area contributed by atoms with Gasteiger partial charge in [-0.2, -0.15) is 18.3 Å². The van der Waals surface area contributed by atoms with Gasteiger partial charge in [0.15, 0.2) is 5.82 Å². The number of pyridine rings is 1. The first kappa shape index (κ1) is 21.2. The quantitative estimate of drug-likeness (QED) is 0.495. The Bertz CT molecular complexity index is 1270. The second-order valence-corrected chi connectivity index (χ2v) is 8.19. The lowest BCUT2D eigenvalue weighted by Crippen LogP contribution is -2.39. The van der Waals surface area contributed by atoms with Crippen LogP contribution in [0.1, 0.15) is 46.2 Å². The van der Waals surface area contributed by atoms with E-state index in [1.165, 1.54) is 16.9 Å². The van der Waals surface area contributed by atoms with E-state index in [0.717, 1.165) is 42.0 Å². The van der Waals surface area contributed by atoms with Crippen LogP contribution in [0.5, 0.6) is 0 Å². The topological polar surface area (TPSA) is 79.7 Å². The van der Waals surface area contributed by atoms with Crippen LogP contribution in [0.15, 0.2) is 48.8 Å². The van der Waals surface area contributed by atoms with Crippen LogP contribution >= 0.6 is 0 Å². The molecule has 5 rings (SSSR count). The first-order chi connectivity index (χ1) is 15.8. The summed E-state index contributed by atoms with van der Waals surface area (Å²) in [5, 5.41) is 4.21. The Hall–Kier alpha value is -3.69.